The molecule has 0 saturated heterocycles. The van der Waals surface area contributed by atoms with E-state index in [1.54, 1.807) is 61.8 Å². The van der Waals surface area contributed by atoms with Crippen molar-refractivity contribution in [1.82, 2.24) is 24.9 Å². The molecular weight excluding hydrogens is 430 g/mol. The molecule has 0 bridgehead atoms. The number of aryl methyl sites for hydroxylation is 1. The molecule has 2 N–H and O–H groups in total. The first kappa shape index (κ1) is 21.5. The summed E-state index contributed by atoms with van der Waals surface area (Å²) >= 11 is 5.98. The molecule has 162 valence electrons. The minimum absolute atomic E-state index is 0.0478. The smallest absolute Gasteiger partial charge is 0.284 e. The van der Waals surface area contributed by atoms with E-state index < -0.39 is 17.6 Å². The second-order valence-electron chi connectivity index (χ2n) is 7.18. The van der Waals surface area contributed by atoms with Crippen LogP contribution in [0.4, 0.5) is 0 Å². The number of aromatic nitrogens is 4. The lowest BCUT2D eigenvalue weighted by molar-refractivity contribution is 0.0914. The number of benzene rings is 2. The molecule has 0 unspecified atom stereocenters. The first-order chi connectivity index (χ1) is 15.4. The lowest BCUT2D eigenvalue weighted by atomic mass is 10.1. The van der Waals surface area contributed by atoms with Crippen molar-refractivity contribution < 1.29 is 9.90 Å². The van der Waals surface area contributed by atoms with Gasteiger partial charge in [-0.3, -0.25) is 14.3 Å². The highest BCUT2D eigenvalue weighted by molar-refractivity contribution is 6.30. The van der Waals surface area contributed by atoms with Crippen LogP contribution >= 0.6 is 11.6 Å². The number of carbonyl (C=O) groups excluding carboxylic acids is 1. The van der Waals surface area contributed by atoms with Crippen LogP contribution in [0.15, 0.2) is 77.9 Å². The zero-order valence-corrected chi connectivity index (χ0v) is 17.9. The highest BCUT2D eigenvalue weighted by Crippen LogP contribution is 2.20. The van der Waals surface area contributed by atoms with Crippen LogP contribution in [-0.4, -0.2) is 37.1 Å². The van der Waals surface area contributed by atoms with Crippen molar-refractivity contribution in [3.63, 3.8) is 0 Å². The monoisotopic (exact) mass is 449 g/mol. The van der Waals surface area contributed by atoms with Crippen molar-refractivity contribution >= 4 is 17.5 Å². The van der Waals surface area contributed by atoms with Crippen LogP contribution in [0, 0.1) is 0 Å². The van der Waals surface area contributed by atoms with E-state index in [0.717, 1.165) is 4.68 Å². The van der Waals surface area contributed by atoms with E-state index in [1.807, 2.05) is 6.07 Å². The van der Waals surface area contributed by atoms with Crippen LogP contribution in [0.1, 0.15) is 22.0 Å². The Morgan fingerprint density at radius 2 is 1.88 bits per heavy atom. The number of halogens is 1. The third-order valence-corrected chi connectivity index (χ3v) is 5.12. The van der Waals surface area contributed by atoms with Gasteiger partial charge in [-0.1, -0.05) is 54.1 Å². The summed E-state index contributed by atoms with van der Waals surface area (Å²) in [6.07, 6.45) is 2.21. The van der Waals surface area contributed by atoms with Crippen LogP contribution in [0.5, 0.6) is 0 Å². The van der Waals surface area contributed by atoms with Gasteiger partial charge < -0.3 is 10.4 Å². The molecule has 0 aliphatic heterocycles. The fourth-order valence-electron chi connectivity index (χ4n) is 3.19. The molecule has 0 fully saturated rings. The fraction of sp³-hybridized carbons (Fsp3) is 0.130. The third kappa shape index (κ3) is 4.61. The van der Waals surface area contributed by atoms with Crippen molar-refractivity contribution in [1.29, 1.82) is 0 Å². The molecule has 0 aliphatic rings. The number of hydrogen-bond acceptors (Lipinski definition) is 5. The highest BCUT2D eigenvalue weighted by Gasteiger charge is 2.19. The van der Waals surface area contributed by atoms with Crippen molar-refractivity contribution in [3.8, 4) is 16.9 Å². The third-order valence-electron chi connectivity index (χ3n) is 4.87. The maximum absolute atomic E-state index is 13.1. The van der Waals surface area contributed by atoms with Gasteiger partial charge in [-0.25, -0.2) is 0 Å². The molecule has 2 aromatic carbocycles. The maximum atomic E-state index is 13.1. The molecule has 2 aromatic heterocycles. The minimum Gasteiger partial charge on any atom is -0.387 e. The van der Waals surface area contributed by atoms with Gasteiger partial charge in [0.25, 0.3) is 11.5 Å². The Labute approximate surface area is 188 Å². The quantitative estimate of drug-likeness (QED) is 0.471. The summed E-state index contributed by atoms with van der Waals surface area (Å²) in [4.78, 5) is 26.0. The average Bonchev–Trinajstić information content (AvgIpc) is 3.24. The van der Waals surface area contributed by atoms with Gasteiger partial charge in [0.2, 0.25) is 0 Å². The molecule has 1 atom stereocenters. The predicted octanol–water partition coefficient (Wildman–Crippen LogP) is 2.75. The highest BCUT2D eigenvalue weighted by atomic mass is 35.5. The number of hydrogen-bond donors (Lipinski definition) is 2. The molecule has 0 spiro atoms. The van der Waals surface area contributed by atoms with Gasteiger partial charge in [-0.15, -0.1) is 0 Å². The Bertz CT molecular complexity index is 1300. The Balaban J connectivity index is 1.69. The van der Waals surface area contributed by atoms with Crippen LogP contribution in [0.25, 0.3) is 16.9 Å². The lowest BCUT2D eigenvalue weighted by Crippen LogP contribution is -2.35. The number of aliphatic hydroxyl groups excluding tert-OH is 1. The summed E-state index contributed by atoms with van der Waals surface area (Å²) in [7, 11) is 1.72. The zero-order valence-electron chi connectivity index (χ0n) is 17.1. The van der Waals surface area contributed by atoms with E-state index in [-0.39, 0.29) is 12.1 Å². The summed E-state index contributed by atoms with van der Waals surface area (Å²) in [6.45, 7) is -0.0478. The van der Waals surface area contributed by atoms with Gasteiger partial charge >= 0.3 is 0 Å². The Morgan fingerprint density at radius 1 is 1.16 bits per heavy atom. The molecule has 0 saturated carbocycles. The average molecular weight is 450 g/mol. The maximum Gasteiger partial charge on any atom is 0.284 e. The number of aliphatic hydroxyl groups is 1. The van der Waals surface area contributed by atoms with Crippen molar-refractivity contribution in [2.45, 2.75) is 6.10 Å². The fourth-order valence-corrected chi connectivity index (χ4v) is 3.32. The first-order valence-electron chi connectivity index (χ1n) is 9.83. The molecular formula is C23H20ClN5O3. The predicted molar refractivity (Wildman–Crippen MR) is 121 cm³/mol. The number of nitrogens with zero attached hydrogens (tertiary/aromatic N) is 4. The van der Waals surface area contributed by atoms with E-state index in [1.165, 1.54) is 16.9 Å². The summed E-state index contributed by atoms with van der Waals surface area (Å²) in [5.41, 5.74) is 1.49. The number of amides is 1. The summed E-state index contributed by atoms with van der Waals surface area (Å²) < 4.78 is 2.67. The summed E-state index contributed by atoms with van der Waals surface area (Å²) in [5.74, 6) is -0.611. The van der Waals surface area contributed by atoms with Gasteiger partial charge in [0.1, 0.15) is 11.3 Å². The first-order valence-corrected chi connectivity index (χ1v) is 10.2. The van der Waals surface area contributed by atoms with Crippen LogP contribution < -0.4 is 10.9 Å². The van der Waals surface area contributed by atoms with Crippen molar-refractivity contribution in [2.24, 2.45) is 7.05 Å². The summed E-state index contributed by atoms with van der Waals surface area (Å²) in [6, 6.07) is 17.3. The Kier molecular flexibility index (Phi) is 6.16. The van der Waals surface area contributed by atoms with Gasteiger partial charge in [-0.2, -0.15) is 14.9 Å². The topological polar surface area (TPSA) is 102 Å². The Hall–Kier alpha value is -3.75. The zero-order chi connectivity index (χ0) is 22.7. The number of carbonyl (C=O) groups is 1. The van der Waals surface area contributed by atoms with E-state index in [2.05, 4.69) is 15.5 Å². The SMILES string of the molecule is Cn1cc(-n2nc(-c3ccc(Cl)cc3)cc(C(=O)NC[C@@H](O)c3ccccc3)c2=O)cn1. The molecule has 1 amide bonds. The molecule has 8 nitrogen and oxygen atoms in total. The van der Waals surface area contributed by atoms with Gasteiger partial charge in [-0.05, 0) is 23.8 Å². The van der Waals surface area contributed by atoms with Crippen LogP contribution in [0.3, 0.4) is 0 Å². The van der Waals surface area contributed by atoms with Gasteiger partial charge in [0.15, 0.2) is 0 Å². The van der Waals surface area contributed by atoms with Gasteiger partial charge in [0.05, 0.1) is 24.2 Å². The van der Waals surface area contributed by atoms with Crippen molar-refractivity contribution in [2.75, 3.05) is 6.54 Å². The number of nitrogens with one attached hydrogen (secondary N) is 1. The largest absolute Gasteiger partial charge is 0.387 e. The van der Waals surface area contributed by atoms with E-state index in [0.29, 0.717) is 27.5 Å². The molecule has 0 aliphatic carbocycles. The molecule has 0 radical (unpaired) electrons. The normalized spacial score (nSPS) is 11.8. The van der Waals surface area contributed by atoms with Crippen LogP contribution in [0.2, 0.25) is 5.02 Å². The standard InChI is InChI=1S/C23H20ClN5O3/c1-28-14-18(12-26-28)29-23(32)19(11-20(27-29)15-7-9-17(24)10-8-15)22(31)25-13-21(30)16-5-3-2-4-6-16/h2-12,14,21,30H,13H2,1H3,(H,25,31)/t21-/m1/s1. The lowest BCUT2D eigenvalue weighted by Gasteiger charge is -2.13. The Morgan fingerprint density at radius 3 is 2.53 bits per heavy atom. The summed E-state index contributed by atoms with van der Waals surface area (Å²) in [5, 5.41) is 22.0. The second-order valence-corrected chi connectivity index (χ2v) is 7.61. The van der Waals surface area contributed by atoms with Crippen LogP contribution in [-0.2, 0) is 7.05 Å². The van der Waals surface area contributed by atoms with E-state index >= 15 is 0 Å². The van der Waals surface area contributed by atoms with Crippen molar-refractivity contribution in [3.05, 3.63) is 99.6 Å². The number of rotatable bonds is 6. The van der Waals surface area contributed by atoms with E-state index in [4.69, 9.17) is 11.6 Å². The molecule has 4 aromatic rings. The molecule has 32 heavy (non-hydrogen) atoms. The molecule has 2 heterocycles. The minimum atomic E-state index is -0.904. The molecule has 9 heteroatoms. The van der Waals surface area contributed by atoms with Gasteiger partial charge in [0, 0.05) is 24.2 Å². The second kappa shape index (κ2) is 9.17. The van der Waals surface area contributed by atoms with E-state index in [9.17, 15) is 14.7 Å². The molecule has 4 rings (SSSR count).